The number of carbonyl (C=O) groups is 1. The molecule has 0 spiro atoms. The van der Waals surface area contributed by atoms with Crippen molar-refractivity contribution in [2.24, 2.45) is 0 Å². The van der Waals surface area contributed by atoms with Gasteiger partial charge in [0.2, 0.25) is 0 Å². The number of rotatable bonds is 10. The fraction of sp³-hybridized carbons (Fsp3) is 0.154. The number of nitrogens with zero attached hydrogens (tertiary/aromatic N) is 1. The number of thioether (sulfide) groups is 2. The lowest BCUT2D eigenvalue weighted by atomic mass is 10.2. The topological polar surface area (TPSA) is 62.1 Å². The molecule has 34 heavy (non-hydrogen) atoms. The molecule has 3 aromatic carbocycles. The largest absolute Gasteiger partial charge is 0.496 e. The van der Waals surface area contributed by atoms with Crippen molar-refractivity contribution in [3.05, 3.63) is 109 Å². The molecule has 0 aliphatic carbocycles. The van der Waals surface area contributed by atoms with Crippen LogP contribution in [-0.4, -0.2) is 13.0 Å². The van der Waals surface area contributed by atoms with Crippen LogP contribution in [0, 0.1) is 11.3 Å². The van der Waals surface area contributed by atoms with E-state index in [0.717, 1.165) is 16.7 Å². The van der Waals surface area contributed by atoms with E-state index in [0.29, 0.717) is 31.5 Å². The van der Waals surface area contributed by atoms with E-state index in [2.05, 4.69) is 11.4 Å². The highest BCUT2D eigenvalue weighted by Gasteiger charge is 2.18. The summed E-state index contributed by atoms with van der Waals surface area (Å²) < 4.78 is 6.01. The molecule has 4 nitrogen and oxygen atoms in total. The van der Waals surface area contributed by atoms with Gasteiger partial charge in [-0.1, -0.05) is 65.7 Å². The highest BCUT2D eigenvalue weighted by atomic mass is 35.5. The summed E-state index contributed by atoms with van der Waals surface area (Å²) in [6.07, 6.45) is 0. The molecule has 0 atom stereocenters. The Morgan fingerprint density at radius 2 is 1.44 bits per heavy atom. The van der Waals surface area contributed by atoms with Crippen LogP contribution in [-0.2, 0) is 22.8 Å². The number of carbonyl (C=O) groups excluding carboxylic acids is 1. The Bertz CT molecular complexity index is 1140. The van der Waals surface area contributed by atoms with Crippen molar-refractivity contribution in [3.8, 4) is 11.8 Å². The minimum atomic E-state index is -0.421. The molecule has 0 fully saturated rings. The Balaban J connectivity index is 1.78. The third kappa shape index (κ3) is 7.75. The fourth-order valence-electron chi connectivity index (χ4n) is 2.95. The molecule has 3 aromatic rings. The molecule has 0 aliphatic rings. The Labute approximate surface area is 218 Å². The highest BCUT2D eigenvalue weighted by Crippen LogP contribution is 2.36. The quantitative estimate of drug-likeness (QED) is 0.222. The molecule has 0 bridgehead atoms. The van der Waals surface area contributed by atoms with Crippen LogP contribution >= 0.6 is 46.7 Å². The summed E-state index contributed by atoms with van der Waals surface area (Å²) in [5.41, 5.74) is 3.02. The second-order valence-electron chi connectivity index (χ2n) is 7.10. The normalized spacial score (nSPS) is 10.3. The number of hydrogen-bond donors (Lipinski definition) is 1. The maximum absolute atomic E-state index is 13.0. The van der Waals surface area contributed by atoms with Crippen LogP contribution in [0.4, 0.5) is 0 Å². The maximum Gasteiger partial charge on any atom is 0.263 e. The molecule has 0 saturated carbocycles. The molecule has 0 aromatic heterocycles. The Kier molecular flexibility index (Phi) is 10.2. The van der Waals surface area contributed by atoms with E-state index in [1.165, 1.54) is 23.5 Å². The molecule has 0 saturated heterocycles. The van der Waals surface area contributed by atoms with Crippen molar-refractivity contribution in [1.29, 1.82) is 5.26 Å². The first kappa shape index (κ1) is 26.1. The van der Waals surface area contributed by atoms with Gasteiger partial charge in [0, 0.05) is 33.7 Å². The zero-order chi connectivity index (χ0) is 24.3. The first-order valence-electron chi connectivity index (χ1n) is 10.3. The third-order valence-corrected chi connectivity index (χ3v) is 7.84. The summed E-state index contributed by atoms with van der Waals surface area (Å²) >= 11 is 14.9. The first-order chi connectivity index (χ1) is 16.5. The van der Waals surface area contributed by atoms with Crippen molar-refractivity contribution in [1.82, 2.24) is 5.32 Å². The van der Waals surface area contributed by atoms with Crippen LogP contribution in [0.15, 0.2) is 82.6 Å². The van der Waals surface area contributed by atoms with Crippen molar-refractivity contribution >= 4 is 52.6 Å². The van der Waals surface area contributed by atoms with Gasteiger partial charge in [0.1, 0.15) is 17.4 Å². The van der Waals surface area contributed by atoms with Gasteiger partial charge in [-0.3, -0.25) is 4.79 Å². The van der Waals surface area contributed by atoms with Gasteiger partial charge in [-0.2, -0.15) is 5.26 Å². The molecule has 174 valence electrons. The summed E-state index contributed by atoms with van der Waals surface area (Å²) in [5, 5.41) is 14.1. The second-order valence-corrected chi connectivity index (χ2v) is 10.2. The van der Waals surface area contributed by atoms with Crippen LogP contribution in [0.3, 0.4) is 0 Å². The van der Waals surface area contributed by atoms with E-state index in [-0.39, 0.29) is 12.1 Å². The highest BCUT2D eigenvalue weighted by molar-refractivity contribution is 8.21. The van der Waals surface area contributed by atoms with Gasteiger partial charge in [0.25, 0.3) is 5.91 Å². The molecule has 1 N–H and O–H groups in total. The van der Waals surface area contributed by atoms with E-state index in [9.17, 15) is 10.1 Å². The summed E-state index contributed by atoms with van der Waals surface area (Å²) in [6.45, 7) is 0.255. The van der Waals surface area contributed by atoms with E-state index >= 15 is 0 Å². The maximum atomic E-state index is 13.0. The SMILES string of the molecule is COc1ccccc1CNC(=O)C(C#N)=C(SCc1ccc(Cl)cc1)SCc1ccc(Cl)cc1. The third-order valence-electron chi connectivity index (χ3n) is 4.74. The lowest BCUT2D eigenvalue weighted by Crippen LogP contribution is -2.24. The van der Waals surface area contributed by atoms with Gasteiger partial charge in [0.05, 0.1) is 11.3 Å². The summed E-state index contributed by atoms with van der Waals surface area (Å²) in [4.78, 5) is 13.0. The smallest absolute Gasteiger partial charge is 0.263 e. The molecular weight excluding hydrogens is 507 g/mol. The van der Waals surface area contributed by atoms with Crippen LogP contribution in [0.5, 0.6) is 5.75 Å². The molecule has 1 amide bonds. The Morgan fingerprint density at radius 1 is 0.912 bits per heavy atom. The molecular formula is C26H22Cl2N2O2S2. The van der Waals surface area contributed by atoms with Gasteiger partial charge in [-0.05, 0) is 41.5 Å². The summed E-state index contributed by atoms with van der Waals surface area (Å²) in [6, 6.07) is 24.6. The van der Waals surface area contributed by atoms with Gasteiger partial charge >= 0.3 is 0 Å². The van der Waals surface area contributed by atoms with Crippen molar-refractivity contribution in [2.75, 3.05) is 7.11 Å². The summed E-state index contributed by atoms with van der Waals surface area (Å²) in [5.74, 6) is 1.46. The minimum Gasteiger partial charge on any atom is -0.496 e. The fourth-order valence-corrected chi connectivity index (χ4v) is 5.43. The minimum absolute atomic E-state index is 0.0906. The molecule has 0 unspecified atom stereocenters. The van der Waals surface area contributed by atoms with Crippen molar-refractivity contribution in [2.45, 2.75) is 18.1 Å². The van der Waals surface area contributed by atoms with E-state index < -0.39 is 5.91 Å². The number of hydrogen-bond acceptors (Lipinski definition) is 5. The first-order valence-corrected chi connectivity index (χ1v) is 13.0. The number of ether oxygens (including phenoxy) is 1. The van der Waals surface area contributed by atoms with Crippen molar-refractivity contribution in [3.63, 3.8) is 0 Å². The van der Waals surface area contributed by atoms with Gasteiger partial charge < -0.3 is 10.1 Å². The van der Waals surface area contributed by atoms with E-state index in [1.807, 2.05) is 72.8 Å². The van der Waals surface area contributed by atoms with Gasteiger partial charge in [-0.25, -0.2) is 0 Å². The predicted molar refractivity (Wildman–Crippen MR) is 143 cm³/mol. The number of amides is 1. The lowest BCUT2D eigenvalue weighted by molar-refractivity contribution is -0.117. The molecule has 0 aliphatic heterocycles. The number of nitriles is 1. The number of nitrogens with one attached hydrogen (secondary N) is 1. The lowest BCUT2D eigenvalue weighted by Gasteiger charge is -2.12. The average Bonchev–Trinajstić information content (AvgIpc) is 2.86. The van der Waals surface area contributed by atoms with Crippen LogP contribution in [0.2, 0.25) is 10.0 Å². The molecule has 8 heteroatoms. The number of benzene rings is 3. The van der Waals surface area contributed by atoms with E-state index in [1.54, 1.807) is 7.11 Å². The molecule has 0 heterocycles. The number of para-hydroxylation sites is 1. The zero-order valence-electron chi connectivity index (χ0n) is 18.4. The summed E-state index contributed by atoms with van der Waals surface area (Å²) in [7, 11) is 1.58. The zero-order valence-corrected chi connectivity index (χ0v) is 21.5. The number of halogens is 2. The van der Waals surface area contributed by atoms with Crippen LogP contribution < -0.4 is 10.1 Å². The van der Waals surface area contributed by atoms with Crippen LogP contribution in [0.1, 0.15) is 16.7 Å². The average molecular weight is 530 g/mol. The molecule has 3 rings (SSSR count). The van der Waals surface area contributed by atoms with E-state index in [4.69, 9.17) is 27.9 Å². The Morgan fingerprint density at radius 3 is 1.94 bits per heavy atom. The van der Waals surface area contributed by atoms with Gasteiger partial charge in [-0.15, -0.1) is 23.5 Å². The molecule has 0 radical (unpaired) electrons. The second kappa shape index (κ2) is 13.4. The Hall–Kier alpha value is -2.56. The monoisotopic (exact) mass is 528 g/mol. The van der Waals surface area contributed by atoms with Gasteiger partial charge in [0.15, 0.2) is 0 Å². The standard InChI is InChI=1S/C26H22Cl2N2O2S2/c1-32-24-5-3-2-4-20(24)15-30-25(31)23(14-29)26(33-16-18-6-10-21(27)11-7-18)34-17-19-8-12-22(28)13-9-19/h2-13H,15-17H2,1H3,(H,30,31). The van der Waals surface area contributed by atoms with Crippen molar-refractivity contribution < 1.29 is 9.53 Å². The van der Waals surface area contributed by atoms with Crippen LogP contribution in [0.25, 0.3) is 0 Å². The predicted octanol–water partition coefficient (Wildman–Crippen LogP) is 7.22. The number of methoxy groups -OCH3 is 1.